The van der Waals surface area contributed by atoms with E-state index in [4.69, 9.17) is 10.5 Å². The first-order valence-electron chi connectivity index (χ1n) is 9.01. The topological polar surface area (TPSA) is 86.1 Å². The lowest BCUT2D eigenvalue weighted by atomic mass is 9.96. The molecule has 136 valence electrons. The van der Waals surface area contributed by atoms with Gasteiger partial charge in [0, 0.05) is 37.8 Å². The van der Waals surface area contributed by atoms with Crippen molar-refractivity contribution in [3.8, 4) is 0 Å². The Morgan fingerprint density at radius 3 is 2.88 bits per heavy atom. The van der Waals surface area contributed by atoms with Crippen molar-refractivity contribution in [2.45, 2.75) is 39.8 Å². The summed E-state index contributed by atoms with van der Waals surface area (Å²) in [4.78, 5) is 9.43. The molecule has 0 saturated heterocycles. The second-order valence-electron chi connectivity index (χ2n) is 7.09. The third-order valence-electron chi connectivity index (χ3n) is 4.50. The number of nitrogens with one attached hydrogen (secondary N) is 3. The molecule has 3 rings (SSSR count). The maximum absolute atomic E-state index is 7.31. The lowest BCUT2D eigenvalue weighted by molar-refractivity contribution is 0.601. The summed E-state index contributed by atoms with van der Waals surface area (Å²) < 4.78 is 0. The summed E-state index contributed by atoms with van der Waals surface area (Å²) >= 11 is 0. The molecule has 26 heavy (non-hydrogen) atoms. The van der Waals surface area contributed by atoms with Crippen LogP contribution in [0.15, 0.2) is 35.6 Å². The Bertz CT molecular complexity index is 840. The van der Waals surface area contributed by atoms with Crippen LogP contribution in [0.5, 0.6) is 0 Å². The standard InChI is InChI=1S/C20H26N6/c1-12(2)7-20-24-10-16-15(8-13(3)23-11-19(16)25-20)14-5-6-17(26-21)18(9-14)22-4/h5-6,8-10,12-13,21-23H,7,11H2,1-4H3/t13-/m1/s1. The van der Waals surface area contributed by atoms with Crippen molar-refractivity contribution < 1.29 is 0 Å². The highest BCUT2D eigenvalue weighted by molar-refractivity contribution is 5.84. The Morgan fingerprint density at radius 2 is 2.19 bits per heavy atom. The van der Waals surface area contributed by atoms with Gasteiger partial charge in [0.25, 0.3) is 0 Å². The Morgan fingerprint density at radius 1 is 1.38 bits per heavy atom. The second-order valence-corrected chi connectivity index (χ2v) is 7.09. The van der Waals surface area contributed by atoms with Gasteiger partial charge in [-0.2, -0.15) is 5.11 Å². The average Bonchev–Trinajstić information content (AvgIpc) is 2.79. The first kappa shape index (κ1) is 18.2. The van der Waals surface area contributed by atoms with Crippen LogP contribution in [0.1, 0.15) is 43.4 Å². The fourth-order valence-corrected chi connectivity index (χ4v) is 3.19. The van der Waals surface area contributed by atoms with E-state index in [-0.39, 0.29) is 6.04 Å². The van der Waals surface area contributed by atoms with Crippen molar-refractivity contribution in [2.75, 3.05) is 12.4 Å². The van der Waals surface area contributed by atoms with Gasteiger partial charge in [-0.1, -0.05) is 26.0 Å². The van der Waals surface area contributed by atoms with E-state index in [0.29, 0.717) is 11.6 Å². The van der Waals surface area contributed by atoms with Crippen LogP contribution in [-0.4, -0.2) is 23.1 Å². The van der Waals surface area contributed by atoms with Crippen LogP contribution in [0.25, 0.3) is 5.57 Å². The second kappa shape index (κ2) is 7.74. The molecule has 1 aliphatic heterocycles. The Kier molecular flexibility index (Phi) is 5.42. The van der Waals surface area contributed by atoms with Gasteiger partial charge in [-0.05, 0) is 36.1 Å². The number of fused-ring (bicyclic) bond motifs is 1. The van der Waals surface area contributed by atoms with E-state index in [1.165, 1.54) is 0 Å². The van der Waals surface area contributed by atoms with Crippen LogP contribution in [-0.2, 0) is 13.0 Å². The van der Waals surface area contributed by atoms with E-state index < -0.39 is 0 Å². The zero-order valence-corrected chi connectivity index (χ0v) is 15.8. The van der Waals surface area contributed by atoms with Crippen LogP contribution >= 0.6 is 0 Å². The Balaban J connectivity index is 2.08. The summed E-state index contributed by atoms with van der Waals surface area (Å²) in [6.45, 7) is 7.22. The van der Waals surface area contributed by atoms with Gasteiger partial charge >= 0.3 is 0 Å². The van der Waals surface area contributed by atoms with Gasteiger partial charge in [0.15, 0.2) is 0 Å². The summed E-state index contributed by atoms with van der Waals surface area (Å²) in [5, 5.41) is 10.2. The zero-order valence-electron chi connectivity index (χ0n) is 15.8. The van der Waals surface area contributed by atoms with Gasteiger partial charge in [0.05, 0.1) is 11.4 Å². The van der Waals surface area contributed by atoms with Crippen LogP contribution in [0.2, 0.25) is 0 Å². The minimum atomic E-state index is 0.228. The number of hydrogen-bond acceptors (Lipinski definition) is 6. The minimum absolute atomic E-state index is 0.228. The van der Waals surface area contributed by atoms with E-state index in [9.17, 15) is 0 Å². The lowest BCUT2D eigenvalue weighted by Crippen LogP contribution is -2.22. The molecule has 0 unspecified atom stereocenters. The molecule has 2 aromatic rings. The van der Waals surface area contributed by atoms with Gasteiger partial charge in [-0.25, -0.2) is 15.5 Å². The summed E-state index contributed by atoms with van der Waals surface area (Å²) in [6.07, 6.45) is 5.04. The molecule has 0 aliphatic carbocycles. The molecule has 1 aliphatic rings. The monoisotopic (exact) mass is 350 g/mol. The van der Waals surface area contributed by atoms with Gasteiger partial charge in [-0.15, -0.1) is 0 Å². The summed E-state index contributed by atoms with van der Waals surface area (Å²) in [6, 6.07) is 6.13. The SMILES string of the molecule is CNc1cc(C2=C[C@@H](C)NCc3nc(CC(C)C)ncc32)ccc1N=N. The third-order valence-corrected chi connectivity index (χ3v) is 4.50. The molecule has 0 fully saturated rings. The van der Waals surface area contributed by atoms with Crippen LogP contribution in [0.3, 0.4) is 0 Å². The highest BCUT2D eigenvalue weighted by Crippen LogP contribution is 2.33. The number of benzene rings is 1. The van der Waals surface area contributed by atoms with Gasteiger partial charge in [0.1, 0.15) is 11.5 Å². The van der Waals surface area contributed by atoms with Crippen molar-refractivity contribution in [3.63, 3.8) is 0 Å². The Hall–Kier alpha value is -2.60. The Labute approximate surface area is 154 Å². The number of nitrogens with zero attached hydrogens (tertiary/aromatic N) is 3. The molecule has 3 N–H and O–H groups in total. The predicted octanol–water partition coefficient (Wildman–Crippen LogP) is 4.30. The number of aromatic nitrogens is 2. The van der Waals surface area contributed by atoms with Crippen molar-refractivity contribution >= 4 is 16.9 Å². The van der Waals surface area contributed by atoms with Gasteiger partial charge < -0.3 is 10.6 Å². The maximum Gasteiger partial charge on any atom is 0.128 e. The first-order valence-corrected chi connectivity index (χ1v) is 9.01. The molecular weight excluding hydrogens is 324 g/mol. The summed E-state index contributed by atoms with van der Waals surface area (Å²) in [7, 11) is 1.84. The number of anilines is 1. The van der Waals surface area contributed by atoms with Crippen molar-refractivity contribution in [1.82, 2.24) is 15.3 Å². The molecule has 6 nitrogen and oxygen atoms in total. The summed E-state index contributed by atoms with van der Waals surface area (Å²) in [5.74, 6) is 1.42. The van der Waals surface area contributed by atoms with E-state index in [1.807, 2.05) is 31.4 Å². The highest BCUT2D eigenvalue weighted by atomic mass is 15.0. The maximum atomic E-state index is 7.31. The molecule has 1 aromatic carbocycles. The smallest absolute Gasteiger partial charge is 0.128 e. The quantitative estimate of drug-likeness (QED) is 0.702. The lowest BCUT2D eigenvalue weighted by Gasteiger charge is -2.14. The van der Waals surface area contributed by atoms with E-state index in [2.05, 4.69) is 47.6 Å². The van der Waals surface area contributed by atoms with Crippen molar-refractivity contribution in [2.24, 2.45) is 11.0 Å². The normalized spacial score (nSPS) is 16.7. The molecule has 0 saturated carbocycles. The number of rotatable bonds is 5. The molecule has 6 heteroatoms. The fraction of sp³-hybridized carbons (Fsp3) is 0.400. The minimum Gasteiger partial charge on any atom is -0.386 e. The average molecular weight is 350 g/mol. The summed E-state index contributed by atoms with van der Waals surface area (Å²) in [5.41, 5.74) is 13.0. The predicted molar refractivity (Wildman–Crippen MR) is 105 cm³/mol. The molecule has 0 amide bonds. The molecule has 1 atom stereocenters. The van der Waals surface area contributed by atoms with E-state index in [0.717, 1.165) is 46.9 Å². The molecule has 1 aromatic heterocycles. The van der Waals surface area contributed by atoms with E-state index >= 15 is 0 Å². The highest BCUT2D eigenvalue weighted by Gasteiger charge is 2.19. The molecule has 0 bridgehead atoms. The van der Waals surface area contributed by atoms with Crippen LogP contribution in [0, 0.1) is 11.4 Å². The molecular formula is C20H26N6. The van der Waals surface area contributed by atoms with E-state index in [1.54, 1.807) is 0 Å². The fourth-order valence-electron chi connectivity index (χ4n) is 3.19. The largest absolute Gasteiger partial charge is 0.386 e. The molecule has 0 radical (unpaired) electrons. The molecule has 2 heterocycles. The zero-order chi connectivity index (χ0) is 18.7. The third kappa shape index (κ3) is 3.80. The first-order chi connectivity index (χ1) is 12.5. The van der Waals surface area contributed by atoms with Gasteiger partial charge in [0.2, 0.25) is 0 Å². The molecule has 0 spiro atoms. The van der Waals surface area contributed by atoms with Crippen molar-refractivity contribution in [1.29, 1.82) is 5.53 Å². The van der Waals surface area contributed by atoms with Crippen molar-refractivity contribution in [3.05, 3.63) is 53.1 Å². The van der Waals surface area contributed by atoms with Gasteiger partial charge in [-0.3, -0.25) is 0 Å². The van der Waals surface area contributed by atoms with Crippen LogP contribution in [0.4, 0.5) is 11.4 Å². The number of hydrogen-bond donors (Lipinski definition) is 3. The van der Waals surface area contributed by atoms with Crippen LogP contribution < -0.4 is 10.6 Å².